The minimum Gasteiger partial charge on any atom is -0.351 e. The summed E-state index contributed by atoms with van der Waals surface area (Å²) in [5.41, 5.74) is 0.933. The summed E-state index contributed by atoms with van der Waals surface area (Å²) in [7, 11) is 0. The SMILES string of the molecule is CC(C)c1cc2n(n1)CC(C)(C(=O)NC1CCCCC1)N(c1ccc(Cl)cc1)C2=O. The molecule has 2 amide bonds. The Morgan fingerprint density at radius 2 is 1.87 bits per heavy atom. The van der Waals surface area contributed by atoms with Crippen LogP contribution in [0.15, 0.2) is 30.3 Å². The number of rotatable bonds is 4. The molecule has 0 bridgehead atoms. The van der Waals surface area contributed by atoms with Crippen LogP contribution in [0.3, 0.4) is 0 Å². The molecule has 2 aliphatic rings. The highest BCUT2D eigenvalue weighted by molar-refractivity contribution is 6.30. The normalized spacial score (nSPS) is 22.3. The number of hydrogen-bond donors (Lipinski definition) is 1. The molecule has 4 rings (SSSR count). The third-order valence-corrected chi connectivity index (χ3v) is 6.53. The molecule has 7 heteroatoms. The molecule has 1 aliphatic carbocycles. The quantitative estimate of drug-likeness (QED) is 0.777. The molecule has 1 unspecified atom stereocenters. The summed E-state index contributed by atoms with van der Waals surface area (Å²) in [4.78, 5) is 28.8. The molecule has 2 heterocycles. The van der Waals surface area contributed by atoms with Gasteiger partial charge in [0.05, 0.1) is 12.2 Å². The second-order valence-corrected chi connectivity index (χ2v) is 9.40. The van der Waals surface area contributed by atoms with Gasteiger partial charge in [0.2, 0.25) is 5.91 Å². The van der Waals surface area contributed by atoms with Crippen molar-refractivity contribution in [1.29, 1.82) is 0 Å². The van der Waals surface area contributed by atoms with Gasteiger partial charge in [-0.2, -0.15) is 5.10 Å². The average molecular weight is 429 g/mol. The van der Waals surface area contributed by atoms with E-state index in [1.54, 1.807) is 33.8 Å². The van der Waals surface area contributed by atoms with Crippen molar-refractivity contribution in [1.82, 2.24) is 15.1 Å². The Labute approximate surface area is 182 Å². The standard InChI is InChI=1S/C23H29ClN4O2/c1-15(2)19-13-20-21(29)28(18-11-9-16(24)10-12-18)23(3,14-27(20)26-19)22(30)25-17-7-5-4-6-8-17/h9-13,15,17H,4-8,14H2,1-3H3,(H,25,30). The minimum absolute atomic E-state index is 0.134. The number of nitrogens with one attached hydrogen (secondary N) is 1. The van der Waals surface area contributed by atoms with E-state index < -0.39 is 5.54 Å². The Morgan fingerprint density at radius 1 is 1.20 bits per heavy atom. The van der Waals surface area contributed by atoms with Crippen molar-refractivity contribution in [3.8, 4) is 0 Å². The number of aromatic nitrogens is 2. The number of amides is 2. The van der Waals surface area contributed by atoms with Gasteiger partial charge in [0.25, 0.3) is 5.91 Å². The van der Waals surface area contributed by atoms with E-state index in [1.165, 1.54) is 6.42 Å². The van der Waals surface area contributed by atoms with Crippen molar-refractivity contribution in [3.63, 3.8) is 0 Å². The molecular formula is C23H29ClN4O2. The molecule has 2 aromatic rings. The molecule has 1 N–H and O–H groups in total. The summed E-state index contributed by atoms with van der Waals surface area (Å²) >= 11 is 6.07. The maximum Gasteiger partial charge on any atom is 0.277 e. The zero-order valence-electron chi connectivity index (χ0n) is 17.8. The van der Waals surface area contributed by atoms with Crippen molar-refractivity contribution < 1.29 is 9.59 Å². The first-order valence-corrected chi connectivity index (χ1v) is 11.2. The van der Waals surface area contributed by atoms with E-state index in [9.17, 15) is 9.59 Å². The fourth-order valence-corrected chi connectivity index (χ4v) is 4.59. The lowest BCUT2D eigenvalue weighted by Crippen LogP contribution is -2.65. The van der Waals surface area contributed by atoms with Crippen LogP contribution in [0, 0.1) is 0 Å². The zero-order chi connectivity index (χ0) is 21.5. The molecule has 1 aliphatic heterocycles. The van der Waals surface area contributed by atoms with Gasteiger partial charge in [-0.15, -0.1) is 0 Å². The van der Waals surface area contributed by atoms with E-state index in [-0.39, 0.29) is 23.8 Å². The van der Waals surface area contributed by atoms with Gasteiger partial charge in [0, 0.05) is 16.8 Å². The number of benzene rings is 1. The summed E-state index contributed by atoms with van der Waals surface area (Å²) in [5.74, 6) is -0.156. The summed E-state index contributed by atoms with van der Waals surface area (Å²) in [6.07, 6.45) is 5.45. The maximum absolute atomic E-state index is 13.6. The summed E-state index contributed by atoms with van der Waals surface area (Å²) in [6, 6.07) is 9.08. The Kier molecular flexibility index (Phi) is 5.62. The van der Waals surface area contributed by atoms with Crippen molar-refractivity contribution in [2.24, 2.45) is 0 Å². The molecule has 6 nitrogen and oxygen atoms in total. The van der Waals surface area contributed by atoms with Crippen LogP contribution >= 0.6 is 11.6 Å². The Balaban J connectivity index is 1.74. The zero-order valence-corrected chi connectivity index (χ0v) is 18.6. The van der Waals surface area contributed by atoms with Crippen LogP contribution in [0.25, 0.3) is 0 Å². The molecule has 1 fully saturated rings. The molecule has 0 saturated heterocycles. The molecule has 1 aromatic carbocycles. The van der Waals surface area contributed by atoms with Gasteiger partial charge in [0.15, 0.2) is 0 Å². The number of carbonyl (C=O) groups excluding carboxylic acids is 2. The number of halogens is 1. The smallest absolute Gasteiger partial charge is 0.277 e. The number of nitrogens with zero attached hydrogens (tertiary/aromatic N) is 3. The molecule has 1 saturated carbocycles. The molecule has 160 valence electrons. The van der Waals surface area contributed by atoms with Gasteiger partial charge >= 0.3 is 0 Å². The number of anilines is 1. The molecule has 0 spiro atoms. The van der Waals surface area contributed by atoms with Crippen molar-refractivity contribution in [2.75, 3.05) is 4.90 Å². The Hall–Kier alpha value is -2.34. The monoisotopic (exact) mass is 428 g/mol. The second-order valence-electron chi connectivity index (χ2n) is 8.97. The minimum atomic E-state index is -1.09. The van der Waals surface area contributed by atoms with E-state index in [0.717, 1.165) is 31.4 Å². The number of carbonyl (C=O) groups is 2. The van der Waals surface area contributed by atoms with E-state index in [1.807, 2.05) is 26.8 Å². The topological polar surface area (TPSA) is 67.2 Å². The van der Waals surface area contributed by atoms with E-state index in [2.05, 4.69) is 10.4 Å². The number of hydrogen-bond acceptors (Lipinski definition) is 3. The fraction of sp³-hybridized carbons (Fsp3) is 0.522. The van der Waals surface area contributed by atoms with E-state index in [0.29, 0.717) is 22.9 Å². The first-order valence-electron chi connectivity index (χ1n) is 10.8. The van der Waals surface area contributed by atoms with Gasteiger partial charge in [-0.3, -0.25) is 19.2 Å². The fourth-order valence-electron chi connectivity index (χ4n) is 4.47. The highest BCUT2D eigenvalue weighted by Crippen LogP contribution is 2.34. The molecule has 1 atom stereocenters. The molecular weight excluding hydrogens is 400 g/mol. The number of fused-ring (bicyclic) bond motifs is 1. The van der Waals surface area contributed by atoms with Crippen molar-refractivity contribution >= 4 is 29.1 Å². The van der Waals surface area contributed by atoms with E-state index in [4.69, 9.17) is 11.6 Å². The van der Waals surface area contributed by atoms with Crippen LogP contribution in [0.5, 0.6) is 0 Å². The van der Waals surface area contributed by atoms with Crippen LogP contribution in [0.2, 0.25) is 5.02 Å². The van der Waals surface area contributed by atoms with Gasteiger partial charge < -0.3 is 5.32 Å². The second kappa shape index (κ2) is 8.06. The first kappa shape index (κ1) is 20.9. The lowest BCUT2D eigenvalue weighted by Gasteiger charge is -2.44. The Bertz CT molecular complexity index is 947. The van der Waals surface area contributed by atoms with Crippen LogP contribution in [-0.4, -0.2) is 33.2 Å². The van der Waals surface area contributed by atoms with Crippen LogP contribution in [0.1, 0.15) is 75.0 Å². The maximum atomic E-state index is 13.6. The lowest BCUT2D eigenvalue weighted by atomic mass is 9.91. The third-order valence-electron chi connectivity index (χ3n) is 6.28. The molecule has 1 aromatic heterocycles. The van der Waals surface area contributed by atoms with Crippen molar-refractivity contribution in [2.45, 2.75) is 76.9 Å². The highest BCUT2D eigenvalue weighted by Gasteiger charge is 2.49. The summed E-state index contributed by atoms with van der Waals surface area (Å²) < 4.78 is 1.70. The van der Waals surface area contributed by atoms with Gasteiger partial charge in [0.1, 0.15) is 11.2 Å². The van der Waals surface area contributed by atoms with Crippen LogP contribution in [-0.2, 0) is 11.3 Å². The van der Waals surface area contributed by atoms with Crippen LogP contribution in [0.4, 0.5) is 5.69 Å². The molecule has 0 radical (unpaired) electrons. The first-order chi connectivity index (χ1) is 14.3. The van der Waals surface area contributed by atoms with Gasteiger partial charge in [-0.1, -0.05) is 44.7 Å². The highest BCUT2D eigenvalue weighted by atomic mass is 35.5. The van der Waals surface area contributed by atoms with Crippen LogP contribution < -0.4 is 10.2 Å². The summed E-state index contributed by atoms with van der Waals surface area (Å²) in [6.45, 7) is 6.23. The Morgan fingerprint density at radius 3 is 2.50 bits per heavy atom. The van der Waals surface area contributed by atoms with Crippen molar-refractivity contribution in [3.05, 3.63) is 46.7 Å². The predicted molar refractivity (Wildman–Crippen MR) is 118 cm³/mol. The van der Waals surface area contributed by atoms with E-state index >= 15 is 0 Å². The average Bonchev–Trinajstić information content (AvgIpc) is 3.14. The summed E-state index contributed by atoms with van der Waals surface area (Å²) in [5, 5.41) is 8.44. The van der Waals surface area contributed by atoms with Gasteiger partial charge in [-0.05, 0) is 56.0 Å². The largest absolute Gasteiger partial charge is 0.351 e. The third kappa shape index (κ3) is 3.73. The predicted octanol–water partition coefficient (Wildman–Crippen LogP) is 4.53. The van der Waals surface area contributed by atoms with Gasteiger partial charge in [-0.25, -0.2) is 0 Å². The lowest BCUT2D eigenvalue weighted by molar-refractivity contribution is -0.127. The molecule has 30 heavy (non-hydrogen) atoms.